The molecule has 0 spiro atoms. The van der Waals surface area contributed by atoms with Crippen molar-refractivity contribution >= 4 is 23.6 Å². The van der Waals surface area contributed by atoms with Crippen LogP contribution in [0.2, 0.25) is 0 Å². The number of rotatable bonds is 7. The van der Waals surface area contributed by atoms with E-state index >= 15 is 0 Å². The number of amides is 2. The fraction of sp³-hybridized carbons (Fsp3) is 0.500. The summed E-state index contributed by atoms with van der Waals surface area (Å²) in [4.78, 5) is 27.1. The van der Waals surface area contributed by atoms with Crippen molar-refractivity contribution in [2.24, 2.45) is 5.73 Å². The van der Waals surface area contributed by atoms with E-state index in [2.05, 4.69) is 25.9 Å². The minimum Gasteiger partial charge on any atom is -0.492 e. The number of aromatic nitrogens is 4. The quantitative estimate of drug-likeness (QED) is 0.535. The summed E-state index contributed by atoms with van der Waals surface area (Å²) in [5.74, 6) is 0.816. The zero-order valence-electron chi connectivity index (χ0n) is 16.2. The van der Waals surface area contributed by atoms with E-state index in [0.29, 0.717) is 24.7 Å². The van der Waals surface area contributed by atoms with Gasteiger partial charge in [0.15, 0.2) is 5.82 Å². The molecule has 3 atom stereocenters. The molecule has 2 amide bonds. The standard InChI is InChI=1S/C18H23N7O3S/c1-18(2)14(15-21-23-24-22-15)25-16(27)13(17(25)29-18)20-12(26)9-10-4-3-5-11(8-10)28-7-6-19/h3-5,8,13-14,17H,6-7,9,19H2,1-2H3,(H,20,26)(H,21,22,23,24). The molecule has 3 unspecified atom stereocenters. The van der Waals surface area contributed by atoms with Gasteiger partial charge in [0.2, 0.25) is 11.8 Å². The molecule has 10 nitrogen and oxygen atoms in total. The van der Waals surface area contributed by atoms with Gasteiger partial charge in [-0.2, -0.15) is 5.21 Å². The molecule has 1 aromatic heterocycles. The van der Waals surface area contributed by atoms with Crippen LogP contribution in [0.25, 0.3) is 0 Å². The van der Waals surface area contributed by atoms with Gasteiger partial charge in [0.1, 0.15) is 29.8 Å². The van der Waals surface area contributed by atoms with E-state index in [9.17, 15) is 9.59 Å². The highest BCUT2D eigenvalue weighted by Gasteiger charge is 2.63. The Morgan fingerprint density at radius 2 is 2.28 bits per heavy atom. The van der Waals surface area contributed by atoms with E-state index in [1.54, 1.807) is 16.7 Å². The van der Waals surface area contributed by atoms with Gasteiger partial charge in [-0.25, -0.2) is 0 Å². The smallest absolute Gasteiger partial charge is 0.249 e. The molecule has 2 aliphatic rings. The monoisotopic (exact) mass is 417 g/mol. The number of H-pyrrole nitrogens is 1. The molecule has 0 saturated carbocycles. The van der Waals surface area contributed by atoms with Crippen molar-refractivity contribution in [2.75, 3.05) is 13.2 Å². The molecule has 2 fully saturated rings. The molecular formula is C18H23N7O3S. The molecule has 1 aromatic carbocycles. The summed E-state index contributed by atoms with van der Waals surface area (Å²) in [7, 11) is 0. The number of β-lactam (4-membered cyclic amide) rings is 1. The summed E-state index contributed by atoms with van der Waals surface area (Å²) < 4.78 is 5.20. The Labute approximate surface area is 171 Å². The molecular weight excluding hydrogens is 394 g/mol. The molecule has 2 aliphatic heterocycles. The minimum absolute atomic E-state index is 0.128. The third-order valence-electron chi connectivity index (χ3n) is 5.01. The lowest BCUT2D eigenvalue weighted by molar-refractivity contribution is -0.151. The normalized spacial score (nSPS) is 24.7. The van der Waals surface area contributed by atoms with Crippen molar-refractivity contribution in [3.05, 3.63) is 35.7 Å². The zero-order chi connectivity index (χ0) is 20.6. The largest absolute Gasteiger partial charge is 0.492 e. The first-order valence-corrected chi connectivity index (χ1v) is 10.2. The third kappa shape index (κ3) is 3.67. The van der Waals surface area contributed by atoms with Gasteiger partial charge in [0, 0.05) is 11.3 Å². The van der Waals surface area contributed by atoms with Gasteiger partial charge in [-0.15, -0.1) is 22.0 Å². The second-order valence-electron chi connectivity index (χ2n) is 7.54. The lowest BCUT2D eigenvalue weighted by Gasteiger charge is -2.44. The van der Waals surface area contributed by atoms with Crippen molar-refractivity contribution in [1.82, 2.24) is 30.8 Å². The number of nitrogens with one attached hydrogen (secondary N) is 2. The van der Waals surface area contributed by atoms with E-state index in [1.165, 1.54) is 0 Å². The van der Waals surface area contributed by atoms with Crippen molar-refractivity contribution in [2.45, 2.75) is 42.5 Å². The van der Waals surface area contributed by atoms with Crippen molar-refractivity contribution < 1.29 is 14.3 Å². The molecule has 0 aliphatic carbocycles. The van der Waals surface area contributed by atoms with Crippen LogP contribution >= 0.6 is 11.8 Å². The van der Waals surface area contributed by atoms with Crippen LogP contribution in [-0.2, 0) is 16.0 Å². The van der Waals surface area contributed by atoms with Gasteiger partial charge in [0.25, 0.3) is 0 Å². The number of aromatic amines is 1. The second kappa shape index (κ2) is 7.64. The number of tetrazole rings is 1. The van der Waals surface area contributed by atoms with Crippen molar-refractivity contribution in [3.63, 3.8) is 0 Å². The SMILES string of the molecule is CC1(C)SC2C(NC(=O)Cc3cccc(OCCN)c3)C(=O)N2C1c1nn[nH]n1. The Morgan fingerprint density at radius 3 is 3.00 bits per heavy atom. The number of hydrogen-bond acceptors (Lipinski definition) is 8. The third-order valence-corrected chi connectivity index (χ3v) is 6.59. The lowest BCUT2D eigenvalue weighted by Crippen LogP contribution is -2.68. The van der Waals surface area contributed by atoms with Crippen LogP contribution < -0.4 is 15.8 Å². The number of nitrogens with two attached hydrogens (primary N) is 1. The topological polar surface area (TPSA) is 139 Å². The van der Waals surface area contributed by atoms with Gasteiger partial charge in [0.05, 0.1) is 6.42 Å². The number of ether oxygens (including phenoxy) is 1. The number of hydrogen-bond donors (Lipinski definition) is 3. The van der Waals surface area contributed by atoms with Crippen LogP contribution in [-0.4, -0.2) is 66.7 Å². The zero-order valence-corrected chi connectivity index (χ0v) is 17.0. The first kappa shape index (κ1) is 19.6. The molecule has 0 radical (unpaired) electrons. The Morgan fingerprint density at radius 1 is 1.45 bits per heavy atom. The predicted molar refractivity (Wildman–Crippen MR) is 106 cm³/mol. The van der Waals surface area contributed by atoms with E-state index in [0.717, 1.165) is 5.56 Å². The van der Waals surface area contributed by atoms with E-state index in [-0.39, 0.29) is 34.4 Å². The molecule has 3 heterocycles. The maximum Gasteiger partial charge on any atom is 0.249 e. The van der Waals surface area contributed by atoms with E-state index < -0.39 is 6.04 Å². The molecule has 154 valence electrons. The minimum atomic E-state index is -0.555. The average molecular weight is 417 g/mol. The number of carbonyl (C=O) groups is 2. The van der Waals surface area contributed by atoms with Crippen LogP contribution in [0.5, 0.6) is 5.75 Å². The van der Waals surface area contributed by atoms with Crippen LogP contribution in [0.4, 0.5) is 0 Å². The Bertz CT molecular complexity index is 905. The summed E-state index contributed by atoms with van der Waals surface area (Å²) in [6.07, 6.45) is 0.165. The van der Waals surface area contributed by atoms with E-state index in [4.69, 9.17) is 10.5 Å². The second-order valence-corrected chi connectivity index (χ2v) is 9.31. The average Bonchev–Trinajstić information content (AvgIpc) is 3.29. The first-order chi connectivity index (χ1) is 13.9. The van der Waals surface area contributed by atoms with Crippen molar-refractivity contribution in [3.8, 4) is 5.75 Å². The van der Waals surface area contributed by atoms with Gasteiger partial charge in [-0.05, 0) is 31.5 Å². The fourth-order valence-corrected chi connectivity index (χ4v) is 5.41. The summed E-state index contributed by atoms with van der Waals surface area (Å²) in [6, 6.07) is 6.47. The van der Waals surface area contributed by atoms with Crippen LogP contribution in [0.3, 0.4) is 0 Å². The Balaban J connectivity index is 1.40. The summed E-state index contributed by atoms with van der Waals surface area (Å²) in [5, 5.41) is 16.9. The summed E-state index contributed by atoms with van der Waals surface area (Å²) in [6.45, 7) is 4.91. The highest BCUT2D eigenvalue weighted by molar-refractivity contribution is 8.01. The Kier molecular flexibility index (Phi) is 5.17. The van der Waals surface area contributed by atoms with Gasteiger partial charge >= 0.3 is 0 Å². The fourth-order valence-electron chi connectivity index (χ4n) is 3.78. The maximum absolute atomic E-state index is 12.8. The van der Waals surface area contributed by atoms with Crippen LogP contribution in [0, 0.1) is 0 Å². The van der Waals surface area contributed by atoms with Crippen LogP contribution in [0.1, 0.15) is 31.3 Å². The Hall–Kier alpha value is -2.66. The van der Waals surface area contributed by atoms with Gasteiger partial charge < -0.3 is 20.7 Å². The van der Waals surface area contributed by atoms with Gasteiger partial charge in [-0.3, -0.25) is 9.59 Å². The maximum atomic E-state index is 12.8. The molecule has 4 rings (SSSR count). The van der Waals surface area contributed by atoms with Gasteiger partial charge in [-0.1, -0.05) is 17.3 Å². The highest BCUT2D eigenvalue weighted by Crippen LogP contribution is 2.56. The van der Waals surface area contributed by atoms with E-state index in [1.807, 2.05) is 38.1 Å². The molecule has 2 saturated heterocycles. The highest BCUT2D eigenvalue weighted by atomic mass is 32.2. The number of nitrogens with zero attached hydrogens (tertiary/aromatic N) is 4. The molecule has 4 N–H and O–H groups in total. The molecule has 29 heavy (non-hydrogen) atoms. The summed E-state index contributed by atoms with van der Waals surface area (Å²) in [5.41, 5.74) is 6.26. The molecule has 0 bridgehead atoms. The van der Waals surface area contributed by atoms with Crippen LogP contribution in [0.15, 0.2) is 24.3 Å². The lowest BCUT2D eigenvalue weighted by atomic mass is 9.95. The number of fused-ring (bicyclic) bond motifs is 1. The molecule has 11 heteroatoms. The van der Waals surface area contributed by atoms with Crippen molar-refractivity contribution in [1.29, 1.82) is 0 Å². The number of carbonyl (C=O) groups excluding carboxylic acids is 2. The predicted octanol–water partition coefficient (Wildman–Crippen LogP) is -0.000500. The summed E-state index contributed by atoms with van der Waals surface area (Å²) >= 11 is 1.63. The molecule has 2 aromatic rings. The first-order valence-electron chi connectivity index (χ1n) is 9.35. The number of thioether (sulfide) groups is 1. The number of benzene rings is 1.